The third-order valence-electron chi connectivity index (χ3n) is 8.07. The van der Waals surface area contributed by atoms with E-state index in [4.69, 9.17) is 0 Å². The lowest BCUT2D eigenvalue weighted by Crippen LogP contribution is -2.34. The van der Waals surface area contributed by atoms with E-state index >= 15 is 0 Å². The van der Waals surface area contributed by atoms with E-state index in [-0.39, 0.29) is 0 Å². The SMILES string of the molecule is CC/C=C/C1CCC(C2CCC(C3CCC(C)CC3)CC2C)CC1. The Labute approximate surface area is 151 Å². The van der Waals surface area contributed by atoms with E-state index in [0.717, 1.165) is 41.4 Å². The number of rotatable bonds is 4. The van der Waals surface area contributed by atoms with Gasteiger partial charge in [0.05, 0.1) is 0 Å². The molecule has 0 amide bonds. The highest BCUT2D eigenvalue weighted by Gasteiger charge is 2.37. The van der Waals surface area contributed by atoms with Gasteiger partial charge in [-0.3, -0.25) is 0 Å². The quantitative estimate of drug-likeness (QED) is 0.465. The Morgan fingerprint density at radius 2 is 1.33 bits per heavy atom. The first-order valence-corrected chi connectivity index (χ1v) is 11.3. The Balaban J connectivity index is 1.45. The fourth-order valence-electron chi connectivity index (χ4n) is 6.44. The van der Waals surface area contributed by atoms with Crippen LogP contribution < -0.4 is 0 Å². The highest BCUT2D eigenvalue weighted by Crippen LogP contribution is 2.48. The summed E-state index contributed by atoms with van der Waals surface area (Å²) in [5.74, 6) is 7.17. The van der Waals surface area contributed by atoms with Crippen LogP contribution in [-0.4, -0.2) is 0 Å². The van der Waals surface area contributed by atoms with Crippen molar-refractivity contribution in [3.63, 3.8) is 0 Å². The predicted molar refractivity (Wildman–Crippen MR) is 106 cm³/mol. The summed E-state index contributed by atoms with van der Waals surface area (Å²) in [4.78, 5) is 0. The molecule has 3 aliphatic carbocycles. The highest BCUT2D eigenvalue weighted by molar-refractivity contribution is 4.93. The van der Waals surface area contributed by atoms with E-state index in [0.29, 0.717) is 0 Å². The molecule has 0 aliphatic heterocycles. The second-order valence-electron chi connectivity index (χ2n) is 9.75. The minimum absolute atomic E-state index is 0.900. The molecule has 0 spiro atoms. The molecule has 0 heteroatoms. The normalized spacial score (nSPS) is 44.7. The monoisotopic (exact) mass is 330 g/mol. The fraction of sp³-hybridized carbons (Fsp3) is 0.917. The molecular formula is C24H42. The summed E-state index contributed by atoms with van der Waals surface area (Å²) in [6, 6.07) is 0. The Bertz CT molecular complexity index is 379. The van der Waals surface area contributed by atoms with Gasteiger partial charge in [0, 0.05) is 0 Å². The number of allylic oxidation sites excluding steroid dienone is 2. The van der Waals surface area contributed by atoms with Crippen molar-refractivity contribution in [2.24, 2.45) is 41.4 Å². The summed E-state index contributed by atoms with van der Waals surface area (Å²) in [6.07, 6.45) is 22.8. The van der Waals surface area contributed by atoms with Crippen LogP contribution in [0.4, 0.5) is 0 Å². The lowest BCUT2D eigenvalue weighted by Gasteiger charge is -2.44. The van der Waals surface area contributed by atoms with Gasteiger partial charge in [0.1, 0.15) is 0 Å². The Kier molecular flexibility index (Phi) is 6.88. The van der Waals surface area contributed by atoms with Crippen LogP contribution in [0, 0.1) is 41.4 Å². The first kappa shape index (κ1) is 18.5. The van der Waals surface area contributed by atoms with Crippen molar-refractivity contribution in [3.8, 4) is 0 Å². The zero-order chi connectivity index (χ0) is 16.9. The summed E-state index contributed by atoms with van der Waals surface area (Å²) in [5.41, 5.74) is 0. The van der Waals surface area contributed by atoms with Crippen LogP contribution in [-0.2, 0) is 0 Å². The van der Waals surface area contributed by atoms with Gasteiger partial charge in [0.15, 0.2) is 0 Å². The van der Waals surface area contributed by atoms with Crippen LogP contribution in [0.1, 0.15) is 97.8 Å². The van der Waals surface area contributed by atoms with Crippen LogP contribution in [0.2, 0.25) is 0 Å². The van der Waals surface area contributed by atoms with Gasteiger partial charge in [-0.15, -0.1) is 0 Å². The molecule has 3 aliphatic rings. The van der Waals surface area contributed by atoms with E-state index in [1.807, 2.05) is 0 Å². The highest BCUT2D eigenvalue weighted by atomic mass is 14.4. The van der Waals surface area contributed by atoms with Gasteiger partial charge in [0.2, 0.25) is 0 Å². The fourth-order valence-corrected chi connectivity index (χ4v) is 6.44. The maximum Gasteiger partial charge on any atom is -0.0233 e. The maximum absolute atomic E-state index is 2.60. The van der Waals surface area contributed by atoms with Crippen molar-refractivity contribution < 1.29 is 0 Å². The standard InChI is InChI=1S/C24H42/c1-4-5-6-20-9-13-22(14-10-20)24-16-15-23(17-19(24)3)21-11-7-18(2)8-12-21/h5-6,18-24H,4,7-17H2,1-3H3/b6-5+. The van der Waals surface area contributed by atoms with E-state index in [1.165, 1.54) is 57.8 Å². The lowest BCUT2D eigenvalue weighted by molar-refractivity contribution is 0.0671. The van der Waals surface area contributed by atoms with Gasteiger partial charge in [-0.05, 0) is 106 Å². The summed E-state index contributed by atoms with van der Waals surface area (Å²) < 4.78 is 0. The van der Waals surface area contributed by atoms with Crippen molar-refractivity contribution in [2.75, 3.05) is 0 Å². The van der Waals surface area contributed by atoms with Crippen LogP contribution in [0.25, 0.3) is 0 Å². The van der Waals surface area contributed by atoms with Gasteiger partial charge in [-0.2, -0.15) is 0 Å². The van der Waals surface area contributed by atoms with Crippen molar-refractivity contribution in [1.82, 2.24) is 0 Å². The number of hydrogen-bond donors (Lipinski definition) is 0. The Hall–Kier alpha value is -0.260. The van der Waals surface area contributed by atoms with E-state index < -0.39 is 0 Å². The maximum atomic E-state index is 2.60. The molecule has 0 radical (unpaired) electrons. The van der Waals surface area contributed by atoms with Gasteiger partial charge < -0.3 is 0 Å². The second kappa shape index (κ2) is 8.91. The van der Waals surface area contributed by atoms with Crippen LogP contribution in [0.5, 0.6) is 0 Å². The molecule has 0 aromatic rings. The van der Waals surface area contributed by atoms with Crippen molar-refractivity contribution >= 4 is 0 Å². The van der Waals surface area contributed by atoms with Gasteiger partial charge in [0.25, 0.3) is 0 Å². The molecule has 0 aromatic heterocycles. The van der Waals surface area contributed by atoms with Crippen LogP contribution in [0.3, 0.4) is 0 Å². The molecular weight excluding hydrogens is 288 g/mol. The van der Waals surface area contributed by atoms with Gasteiger partial charge >= 0.3 is 0 Å². The van der Waals surface area contributed by atoms with Crippen molar-refractivity contribution in [2.45, 2.75) is 97.8 Å². The summed E-state index contributed by atoms with van der Waals surface area (Å²) in [5, 5.41) is 0. The Morgan fingerprint density at radius 1 is 0.708 bits per heavy atom. The minimum atomic E-state index is 0.900. The molecule has 0 N–H and O–H groups in total. The van der Waals surface area contributed by atoms with Crippen molar-refractivity contribution in [1.29, 1.82) is 0 Å². The third kappa shape index (κ3) is 4.67. The third-order valence-corrected chi connectivity index (χ3v) is 8.07. The van der Waals surface area contributed by atoms with Gasteiger partial charge in [-0.25, -0.2) is 0 Å². The molecule has 3 rings (SSSR count). The van der Waals surface area contributed by atoms with Crippen LogP contribution >= 0.6 is 0 Å². The molecule has 0 bridgehead atoms. The molecule has 3 unspecified atom stereocenters. The molecule has 3 atom stereocenters. The number of hydrogen-bond acceptors (Lipinski definition) is 0. The van der Waals surface area contributed by atoms with E-state index in [9.17, 15) is 0 Å². The molecule has 0 aromatic carbocycles. The zero-order valence-corrected chi connectivity index (χ0v) is 16.7. The molecule has 24 heavy (non-hydrogen) atoms. The molecule has 138 valence electrons. The molecule has 0 saturated heterocycles. The second-order valence-corrected chi connectivity index (χ2v) is 9.75. The molecule has 3 saturated carbocycles. The summed E-state index contributed by atoms with van der Waals surface area (Å²) >= 11 is 0. The average Bonchev–Trinajstić information content (AvgIpc) is 2.61. The van der Waals surface area contributed by atoms with Crippen LogP contribution in [0.15, 0.2) is 12.2 Å². The first-order chi connectivity index (χ1) is 11.7. The largest absolute Gasteiger partial charge is 0.0885 e. The average molecular weight is 331 g/mol. The molecule has 3 fully saturated rings. The Morgan fingerprint density at radius 3 is 1.96 bits per heavy atom. The van der Waals surface area contributed by atoms with E-state index in [1.54, 1.807) is 19.3 Å². The summed E-state index contributed by atoms with van der Waals surface area (Å²) in [7, 11) is 0. The minimum Gasteiger partial charge on any atom is -0.0885 e. The smallest absolute Gasteiger partial charge is 0.0233 e. The predicted octanol–water partition coefficient (Wildman–Crippen LogP) is 7.64. The molecule has 0 heterocycles. The summed E-state index contributed by atoms with van der Waals surface area (Å²) in [6.45, 7) is 7.32. The van der Waals surface area contributed by atoms with Gasteiger partial charge in [-0.1, -0.05) is 45.8 Å². The zero-order valence-electron chi connectivity index (χ0n) is 16.7. The lowest BCUT2D eigenvalue weighted by atomic mass is 9.61. The molecule has 0 nitrogen and oxygen atoms in total. The first-order valence-electron chi connectivity index (χ1n) is 11.3. The van der Waals surface area contributed by atoms with E-state index in [2.05, 4.69) is 32.9 Å². The topological polar surface area (TPSA) is 0 Å². The van der Waals surface area contributed by atoms with Crippen molar-refractivity contribution in [3.05, 3.63) is 12.2 Å².